The molecule has 0 amide bonds. The number of anilines is 1. The number of nitrogens with one attached hydrogen (secondary N) is 1. The summed E-state index contributed by atoms with van der Waals surface area (Å²) in [6.45, 7) is 4.59. The average molecular weight is 239 g/mol. The summed E-state index contributed by atoms with van der Waals surface area (Å²) in [6, 6.07) is 2.56. The lowest BCUT2D eigenvalue weighted by atomic mass is 10.1. The normalized spacial score (nSPS) is 16.0. The van der Waals surface area contributed by atoms with Crippen LogP contribution in [0.25, 0.3) is 0 Å². The van der Waals surface area contributed by atoms with Crippen molar-refractivity contribution in [3.63, 3.8) is 0 Å². The van der Waals surface area contributed by atoms with Crippen molar-refractivity contribution in [3.8, 4) is 0 Å². The van der Waals surface area contributed by atoms with E-state index in [0.29, 0.717) is 24.3 Å². The van der Waals surface area contributed by atoms with Crippen molar-refractivity contribution in [1.82, 2.24) is 5.32 Å². The third kappa shape index (κ3) is 2.36. The van der Waals surface area contributed by atoms with Crippen LogP contribution in [0.15, 0.2) is 12.1 Å². The van der Waals surface area contributed by atoms with Gasteiger partial charge < -0.3 is 10.2 Å². The lowest BCUT2D eigenvalue weighted by molar-refractivity contribution is -0.384. The maximum Gasteiger partial charge on any atom is 0.295 e. The third-order valence-electron chi connectivity index (χ3n) is 2.91. The lowest BCUT2D eigenvalue weighted by Crippen LogP contribution is -2.43. The number of rotatable bonds is 2. The van der Waals surface area contributed by atoms with Gasteiger partial charge in [-0.15, -0.1) is 0 Å². The number of piperazine rings is 1. The average Bonchev–Trinajstić information content (AvgIpc) is 2.33. The Kier molecular flexibility index (Phi) is 3.23. The lowest BCUT2D eigenvalue weighted by Gasteiger charge is -2.29. The van der Waals surface area contributed by atoms with E-state index in [2.05, 4.69) is 5.32 Å². The van der Waals surface area contributed by atoms with Crippen LogP contribution in [-0.2, 0) is 0 Å². The van der Waals surface area contributed by atoms with E-state index >= 15 is 0 Å². The summed E-state index contributed by atoms with van der Waals surface area (Å²) in [5.74, 6) is -0.532. The summed E-state index contributed by atoms with van der Waals surface area (Å²) in [7, 11) is 0. The Labute approximate surface area is 98.4 Å². The molecule has 1 saturated heterocycles. The van der Waals surface area contributed by atoms with E-state index in [4.69, 9.17) is 0 Å². The van der Waals surface area contributed by atoms with Gasteiger partial charge in [0.2, 0.25) is 0 Å². The number of halogens is 1. The van der Waals surface area contributed by atoms with Crippen LogP contribution in [0.3, 0.4) is 0 Å². The van der Waals surface area contributed by atoms with Crippen LogP contribution in [0.1, 0.15) is 5.56 Å². The fraction of sp³-hybridized carbons (Fsp3) is 0.455. The summed E-state index contributed by atoms with van der Waals surface area (Å²) in [5.41, 5.74) is 0.787. The first-order valence-corrected chi connectivity index (χ1v) is 5.50. The van der Waals surface area contributed by atoms with Gasteiger partial charge in [-0.2, -0.15) is 0 Å². The minimum atomic E-state index is -0.532. The van der Waals surface area contributed by atoms with Crippen molar-refractivity contribution in [1.29, 1.82) is 0 Å². The highest BCUT2D eigenvalue weighted by atomic mass is 19.1. The van der Waals surface area contributed by atoms with Gasteiger partial charge in [0.05, 0.1) is 11.0 Å². The van der Waals surface area contributed by atoms with E-state index < -0.39 is 10.7 Å². The van der Waals surface area contributed by atoms with Crippen molar-refractivity contribution >= 4 is 11.4 Å². The standard InChI is InChI=1S/C11H14FN3O2/c1-8-6-10(14-4-2-13-3-5-14)11(15(16)17)7-9(8)12/h6-7,13H,2-5H2,1H3. The minimum absolute atomic E-state index is 0.157. The molecule has 0 unspecified atom stereocenters. The fourth-order valence-corrected chi connectivity index (χ4v) is 1.96. The molecule has 2 rings (SSSR count). The quantitative estimate of drug-likeness (QED) is 0.627. The van der Waals surface area contributed by atoms with Crippen LogP contribution in [-0.4, -0.2) is 31.1 Å². The predicted octanol–water partition coefficient (Wildman–Crippen LogP) is 1.45. The largest absolute Gasteiger partial charge is 0.363 e. The second-order valence-electron chi connectivity index (χ2n) is 4.08. The van der Waals surface area contributed by atoms with Gasteiger partial charge in [-0.25, -0.2) is 4.39 Å². The van der Waals surface area contributed by atoms with Crippen molar-refractivity contribution in [2.45, 2.75) is 6.92 Å². The molecule has 0 spiro atoms. The summed E-state index contributed by atoms with van der Waals surface area (Å²) < 4.78 is 13.4. The topological polar surface area (TPSA) is 58.4 Å². The van der Waals surface area contributed by atoms with Gasteiger partial charge in [-0.05, 0) is 18.6 Å². The zero-order valence-electron chi connectivity index (χ0n) is 9.57. The van der Waals surface area contributed by atoms with Crippen molar-refractivity contribution in [2.24, 2.45) is 0 Å². The molecule has 1 aliphatic heterocycles. The fourth-order valence-electron chi connectivity index (χ4n) is 1.96. The predicted molar refractivity (Wildman–Crippen MR) is 62.9 cm³/mol. The molecule has 6 heteroatoms. The SMILES string of the molecule is Cc1cc(N2CCNCC2)c([N+](=O)[O-])cc1F. The summed E-state index contributed by atoms with van der Waals surface area (Å²) in [6.07, 6.45) is 0. The van der Waals surface area contributed by atoms with Gasteiger partial charge >= 0.3 is 0 Å². The molecule has 92 valence electrons. The van der Waals surface area contributed by atoms with Gasteiger partial charge in [0.1, 0.15) is 11.5 Å². The zero-order valence-corrected chi connectivity index (χ0v) is 9.57. The number of aryl methyl sites for hydroxylation is 1. The van der Waals surface area contributed by atoms with E-state index in [1.54, 1.807) is 13.0 Å². The summed E-state index contributed by atoms with van der Waals surface area (Å²) in [4.78, 5) is 12.3. The van der Waals surface area contributed by atoms with Crippen molar-refractivity contribution in [2.75, 3.05) is 31.1 Å². The Morgan fingerprint density at radius 2 is 2.06 bits per heavy atom. The molecule has 1 heterocycles. The van der Waals surface area contributed by atoms with E-state index in [1.165, 1.54) is 0 Å². The van der Waals surface area contributed by atoms with Crippen LogP contribution in [0.2, 0.25) is 0 Å². The highest BCUT2D eigenvalue weighted by molar-refractivity contribution is 5.65. The number of nitro benzene ring substituents is 1. The Morgan fingerprint density at radius 3 is 2.65 bits per heavy atom. The second-order valence-corrected chi connectivity index (χ2v) is 4.08. The molecule has 17 heavy (non-hydrogen) atoms. The first kappa shape index (κ1) is 11.8. The molecule has 1 N–H and O–H groups in total. The molecule has 1 aromatic rings. The molecular formula is C11H14FN3O2. The molecule has 1 aromatic carbocycles. The Bertz CT molecular complexity index is 445. The van der Waals surface area contributed by atoms with Gasteiger partial charge in [0.25, 0.3) is 5.69 Å². The Hall–Kier alpha value is -1.69. The van der Waals surface area contributed by atoms with Crippen molar-refractivity contribution < 1.29 is 9.31 Å². The van der Waals surface area contributed by atoms with Gasteiger partial charge in [-0.1, -0.05) is 0 Å². The molecule has 5 nitrogen and oxygen atoms in total. The first-order valence-electron chi connectivity index (χ1n) is 5.50. The smallest absolute Gasteiger partial charge is 0.295 e. The monoisotopic (exact) mass is 239 g/mol. The minimum Gasteiger partial charge on any atom is -0.363 e. The molecule has 0 saturated carbocycles. The van der Waals surface area contributed by atoms with Crippen LogP contribution >= 0.6 is 0 Å². The van der Waals surface area contributed by atoms with Crippen LogP contribution in [0, 0.1) is 22.9 Å². The van der Waals surface area contributed by atoms with Crippen LogP contribution in [0.4, 0.5) is 15.8 Å². The van der Waals surface area contributed by atoms with E-state index in [9.17, 15) is 14.5 Å². The van der Waals surface area contributed by atoms with Crippen LogP contribution in [0.5, 0.6) is 0 Å². The second kappa shape index (κ2) is 4.67. The maximum atomic E-state index is 13.4. The molecule has 1 fully saturated rings. The highest BCUT2D eigenvalue weighted by Crippen LogP contribution is 2.30. The summed E-state index contributed by atoms with van der Waals surface area (Å²) >= 11 is 0. The molecule has 1 aliphatic rings. The number of hydrogen-bond acceptors (Lipinski definition) is 4. The number of hydrogen-bond donors (Lipinski definition) is 1. The van der Waals surface area contributed by atoms with Crippen LogP contribution < -0.4 is 10.2 Å². The highest BCUT2D eigenvalue weighted by Gasteiger charge is 2.22. The van der Waals surface area contributed by atoms with Crippen molar-refractivity contribution in [3.05, 3.63) is 33.6 Å². The zero-order chi connectivity index (χ0) is 12.4. The molecule has 0 bridgehead atoms. The molecule has 0 aliphatic carbocycles. The Balaban J connectivity index is 2.42. The van der Waals surface area contributed by atoms with E-state index in [1.807, 2.05) is 4.90 Å². The molecule has 0 radical (unpaired) electrons. The number of nitrogens with zero attached hydrogens (tertiary/aromatic N) is 2. The molecule has 0 aromatic heterocycles. The maximum absolute atomic E-state index is 13.4. The van der Waals surface area contributed by atoms with Gasteiger partial charge in [0.15, 0.2) is 0 Å². The van der Waals surface area contributed by atoms with E-state index in [0.717, 1.165) is 19.2 Å². The van der Waals surface area contributed by atoms with E-state index in [-0.39, 0.29) is 5.69 Å². The van der Waals surface area contributed by atoms with Gasteiger partial charge in [-0.3, -0.25) is 10.1 Å². The van der Waals surface area contributed by atoms with Gasteiger partial charge in [0, 0.05) is 26.2 Å². The Morgan fingerprint density at radius 1 is 1.41 bits per heavy atom. The third-order valence-corrected chi connectivity index (χ3v) is 2.91. The molecule has 0 atom stereocenters. The molecular weight excluding hydrogens is 225 g/mol. The number of benzene rings is 1. The first-order chi connectivity index (χ1) is 8.09. The number of nitro groups is 1. The summed E-state index contributed by atoms with van der Waals surface area (Å²) in [5, 5.41) is 14.1.